The van der Waals surface area contributed by atoms with E-state index in [2.05, 4.69) is 40.0 Å². The summed E-state index contributed by atoms with van der Waals surface area (Å²) in [7, 11) is -10.8. The van der Waals surface area contributed by atoms with Crippen molar-refractivity contribution in [3.05, 3.63) is 62.4 Å². The molecule has 34 heteroatoms. The van der Waals surface area contributed by atoms with Crippen LogP contribution in [0.25, 0.3) is 22.3 Å². The fourth-order valence-corrected chi connectivity index (χ4v) is 9.00. The normalized spacial score (nSPS) is 29.5. The van der Waals surface area contributed by atoms with E-state index in [1.54, 1.807) is 0 Å². The number of halogens is 5. The zero-order valence-electron chi connectivity index (χ0n) is 32.1. The van der Waals surface area contributed by atoms with Crippen molar-refractivity contribution in [2.45, 2.75) is 68.3 Å². The van der Waals surface area contributed by atoms with Crippen LogP contribution >= 0.6 is 15.6 Å². The molecule has 3 saturated heterocycles. The summed E-state index contributed by atoms with van der Waals surface area (Å²) in [6.07, 6.45) is -12.5. The number of aliphatic hydroxyl groups excluding tert-OH is 1. The van der Waals surface area contributed by atoms with Crippen molar-refractivity contribution in [3.8, 4) is 5.75 Å². The molecule has 1 aromatic carbocycles. The van der Waals surface area contributed by atoms with Gasteiger partial charge in [-0.1, -0.05) is 0 Å². The summed E-state index contributed by atoms with van der Waals surface area (Å²) < 4.78 is 135. The number of nitrogens with one attached hydrogen (secondary N) is 3. The van der Waals surface area contributed by atoms with E-state index >= 15 is 0 Å². The van der Waals surface area contributed by atoms with Gasteiger partial charge in [0.1, 0.15) is 36.6 Å². The zero-order valence-corrected chi connectivity index (χ0v) is 33.9. The van der Waals surface area contributed by atoms with Crippen molar-refractivity contribution in [3.63, 3.8) is 0 Å². The molecular weight excluding hydrogens is 939 g/mol. The molecule has 3 aliphatic rings. The molecule has 0 aliphatic carbocycles. The Bertz CT molecular complexity index is 2930. The first-order valence-corrected chi connectivity index (χ1v) is 21.4. The summed E-state index contributed by atoms with van der Waals surface area (Å²) in [5.41, 5.74) is 8.70. The van der Waals surface area contributed by atoms with Crippen LogP contribution in [0.4, 0.5) is 33.8 Å². The van der Waals surface area contributed by atoms with Crippen LogP contribution in [-0.2, 0) is 46.3 Å². The van der Waals surface area contributed by atoms with Gasteiger partial charge in [0.25, 0.3) is 11.1 Å². The maximum Gasteiger partial charge on any atom is 0.472 e. The summed E-state index contributed by atoms with van der Waals surface area (Å²) in [6, 6.07) is -1.72. The number of amides is 1. The van der Waals surface area contributed by atoms with Gasteiger partial charge in [0, 0.05) is 12.8 Å². The Labute approximate surface area is 355 Å². The molecule has 0 saturated carbocycles. The van der Waals surface area contributed by atoms with E-state index < -0.39 is 161 Å². The summed E-state index contributed by atoms with van der Waals surface area (Å²) in [4.78, 5) is 93.1. The van der Waals surface area contributed by atoms with Crippen molar-refractivity contribution in [1.82, 2.24) is 44.4 Å². The third-order valence-corrected chi connectivity index (χ3v) is 11.9. The molecule has 10 atom stereocenters. The van der Waals surface area contributed by atoms with Crippen LogP contribution in [0.5, 0.6) is 5.75 Å². The second-order valence-corrected chi connectivity index (χ2v) is 17.0. The number of hydrogen-bond acceptors (Lipinski definition) is 20. The number of phosphoric ester groups is 2. The molecule has 3 aliphatic heterocycles. The van der Waals surface area contributed by atoms with Gasteiger partial charge in [-0.15, -0.1) is 0 Å². The Morgan fingerprint density at radius 1 is 0.785 bits per heavy atom. The van der Waals surface area contributed by atoms with Gasteiger partial charge in [0.15, 0.2) is 34.8 Å². The number of nitrogens with zero attached hydrogens (tertiary/aromatic N) is 6. The van der Waals surface area contributed by atoms with Crippen LogP contribution in [-0.4, -0.2) is 116 Å². The lowest BCUT2D eigenvalue weighted by molar-refractivity contribution is -0.135. The number of hydrogen-bond donors (Lipinski definition) is 8. The predicted octanol–water partition coefficient (Wildman–Crippen LogP) is -0.453. The first-order valence-electron chi connectivity index (χ1n) is 18.4. The van der Waals surface area contributed by atoms with Crippen LogP contribution in [0.1, 0.15) is 31.7 Å². The summed E-state index contributed by atoms with van der Waals surface area (Å²) in [5.74, 6) is -17.4. The molecule has 10 N–H and O–H groups in total. The van der Waals surface area contributed by atoms with E-state index in [0.29, 0.717) is 0 Å². The molecule has 0 radical (unpaired) electrons. The Morgan fingerprint density at radius 2 is 1.26 bits per heavy atom. The van der Waals surface area contributed by atoms with Crippen molar-refractivity contribution in [2.24, 2.45) is 0 Å². The number of rotatable bonds is 8. The number of anilines is 2. The summed E-state index contributed by atoms with van der Waals surface area (Å²) >= 11 is 0. The standard InChI is InChI=1S/C31H30F5N11O16P2/c32-12-13(33)15(35)23(16(36)14(12)34)61-11(49)3-1-2-10(48)41-17-21-8(59-28(17)46-6-39-18-24(46)42-30(37)44-26(18)51)4-57-65(55,56)63-22-9(5-58-64(53,54)62-21)60-29(20(22)50)47-7-40-19-25(47)43-31(38)45-27(19)52/h6-9,17,20-22,28-29,50H,1-5H2,(H,41,48)(H,53,54)(H,55,56)(H3,37,42,44,51)(H3,38,43,45,52)/t8-,9-,17+,20+,21?,22?,28-,29-/m1/s1. The molecule has 350 valence electrons. The number of esters is 1. The largest absolute Gasteiger partial charge is 0.472 e. The quantitative estimate of drug-likeness (QED) is 0.0244. The number of carbonyl (C=O) groups is 2. The lowest BCUT2D eigenvalue weighted by Crippen LogP contribution is -2.48. The summed E-state index contributed by atoms with van der Waals surface area (Å²) in [5, 5.41) is 13.7. The molecule has 3 fully saturated rings. The number of benzene rings is 1. The highest BCUT2D eigenvalue weighted by atomic mass is 31.2. The van der Waals surface area contributed by atoms with Gasteiger partial charge in [-0.25, -0.2) is 32.3 Å². The first kappa shape index (κ1) is 45.8. The second-order valence-electron chi connectivity index (χ2n) is 14.2. The fourth-order valence-electron chi connectivity index (χ4n) is 7.06. The maximum absolute atomic E-state index is 14.1. The average Bonchev–Trinajstić information content (AvgIpc) is 4.00. The van der Waals surface area contributed by atoms with Gasteiger partial charge < -0.3 is 45.9 Å². The van der Waals surface area contributed by atoms with E-state index in [9.17, 15) is 65.2 Å². The second kappa shape index (κ2) is 17.2. The molecular formula is C31H30F5N11O16P2. The monoisotopic (exact) mass is 969 g/mol. The highest BCUT2D eigenvalue weighted by Crippen LogP contribution is 2.54. The van der Waals surface area contributed by atoms with E-state index in [4.69, 9.17) is 39.0 Å². The molecule has 4 aromatic heterocycles. The van der Waals surface area contributed by atoms with E-state index in [1.165, 1.54) is 0 Å². The van der Waals surface area contributed by atoms with Crippen LogP contribution < -0.4 is 32.6 Å². The Morgan fingerprint density at radius 3 is 1.82 bits per heavy atom. The molecule has 4 unspecified atom stereocenters. The molecule has 0 spiro atoms. The molecule has 7 heterocycles. The maximum atomic E-state index is 14.1. The summed E-state index contributed by atoms with van der Waals surface area (Å²) in [6.45, 7) is -2.10. The van der Waals surface area contributed by atoms with Gasteiger partial charge in [-0.05, 0) is 6.42 Å². The first-order chi connectivity index (χ1) is 30.6. The number of H-pyrrole nitrogens is 2. The molecule has 8 rings (SSSR count). The number of imidazole rings is 2. The molecule has 5 aromatic rings. The Balaban J connectivity index is 1.05. The number of ether oxygens (including phenoxy) is 3. The average molecular weight is 970 g/mol. The highest BCUT2D eigenvalue weighted by molar-refractivity contribution is 7.47. The van der Waals surface area contributed by atoms with Crippen molar-refractivity contribution in [1.29, 1.82) is 0 Å². The number of nitrogen functional groups attached to an aromatic ring is 2. The van der Waals surface area contributed by atoms with Crippen LogP contribution in [0, 0.1) is 29.1 Å². The number of aromatic nitrogens is 8. The van der Waals surface area contributed by atoms with Gasteiger partial charge in [0.2, 0.25) is 52.6 Å². The topological polar surface area (TPSA) is 385 Å². The van der Waals surface area contributed by atoms with Crippen LogP contribution in [0.2, 0.25) is 0 Å². The number of aliphatic hydroxyl groups is 1. The van der Waals surface area contributed by atoms with Gasteiger partial charge in [-0.3, -0.25) is 56.4 Å². The SMILES string of the molecule is Nc1nc2c(ncn2[C@@H]2O[C@@H]3COP(=O)(O)OC4[C@@H](COP(=O)(O)OC3[C@@H]2O)O[C@@H](n2cnc3c(=O)[nH]c(N)nc32)[C@H]4NC(=O)CCCC(=O)Oc2c(F)c(F)c(F)c(F)c2F)c(=O)[nH]1. The van der Waals surface area contributed by atoms with Gasteiger partial charge in [0.05, 0.1) is 25.9 Å². The Hall–Kier alpha value is -5.79. The van der Waals surface area contributed by atoms with Crippen molar-refractivity contribution < 1.29 is 87.9 Å². The minimum Gasteiger partial charge on any atom is -0.420 e. The van der Waals surface area contributed by atoms with E-state index in [-0.39, 0.29) is 28.3 Å². The molecule has 65 heavy (non-hydrogen) atoms. The highest BCUT2D eigenvalue weighted by Gasteiger charge is 2.54. The zero-order chi connectivity index (χ0) is 46.9. The smallest absolute Gasteiger partial charge is 0.420 e. The fraction of sp³-hybridized carbons (Fsp3) is 0.419. The van der Waals surface area contributed by atoms with Gasteiger partial charge in [-0.2, -0.15) is 18.7 Å². The van der Waals surface area contributed by atoms with Crippen molar-refractivity contribution in [2.75, 3.05) is 24.7 Å². The molecule has 0 bridgehead atoms. The number of phosphoric acid groups is 2. The number of carbonyl (C=O) groups excluding carboxylic acids is 2. The van der Waals surface area contributed by atoms with Crippen molar-refractivity contribution >= 4 is 61.7 Å². The van der Waals surface area contributed by atoms with E-state index in [0.717, 1.165) is 21.8 Å². The molecule has 1 amide bonds. The minimum atomic E-state index is -5.42. The Kier molecular flexibility index (Phi) is 12.1. The van der Waals surface area contributed by atoms with E-state index in [1.807, 2.05) is 0 Å². The third-order valence-electron chi connectivity index (χ3n) is 9.91. The number of nitrogens with two attached hydrogens (primary N) is 2. The lowest BCUT2D eigenvalue weighted by atomic mass is 10.1. The number of aromatic amines is 2. The van der Waals surface area contributed by atoms with Crippen LogP contribution in [0.15, 0.2) is 22.2 Å². The van der Waals surface area contributed by atoms with Crippen LogP contribution in [0.3, 0.4) is 0 Å². The number of fused-ring (bicyclic) bond motifs is 4. The third kappa shape index (κ3) is 8.84. The minimum absolute atomic E-state index is 0.210. The van der Waals surface area contributed by atoms with Gasteiger partial charge >= 0.3 is 21.6 Å². The lowest BCUT2D eigenvalue weighted by Gasteiger charge is -2.29. The predicted molar refractivity (Wildman–Crippen MR) is 198 cm³/mol. The molecule has 27 nitrogen and oxygen atoms in total.